The molecule has 0 heterocycles. The molecular formula is C19H20F2N2O3. The number of aryl methyl sites for hydroxylation is 1. The SMILES string of the molecule is CCCc1ccc(NC(=O)CO/N=C/c2ccc(OC(F)F)cc2)cc1. The number of halogens is 2. The Bertz CT molecular complexity index is 717. The van der Waals surface area contributed by atoms with Gasteiger partial charge in [0, 0.05) is 5.69 Å². The first-order chi connectivity index (χ1) is 12.6. The van der Waals surface area contributed by atoms with Gasteiger partial charge in [-0.25, -0.2) is 0 Å². The Labute approximate surface area is 150 Å². The number of anilines is 1. The van der Waals surface area contributed by atoms with Crippen LogP contribution in [-0.2, 0) is 16.1 Å². The third-order valence-electron chi connectivity index (χ3n) is 3.35. The fourth-order valence-corrected chi connectivity index (χ4v) is 2.17. The first kappa shape index (κ1) is 19.4. The summed E-state index contributed by atoms with van der Waals surface area (Å²) in [6.07, 6.45) is 3.44. The Hall–Kier alpha value is -2.96. The van der Waals surface area contributed by atoms with Gasteiger partial charge in [0.05, 0.1) is 6.21 Å². The van der Waals surface area contributed by atoms with Crippen LogP contribution in [0.15, 0.2) is 53.7 Å². The lowest BCUT2D eigenvalue weighted by atomic mass is 10.1. The summed E-state index contributed by atoms with van der Waals surface area (Å²) < 4.78 is 28.3. The van der Waals surface area contributed by atoms with Crippen LogP contribution >= 0.6 is 0 Å². The molecular weight excluding hydrogens is 342 g/mol. The van der Waals surface area contributed by atoms with Crippen LogP contribution in [0.4, 0.5) is 14.5 Å². The topological polar surface area (TPSA) is 59.9 Å². The second-order valence-corrected chi connectivity index (χ2v) is 5.45. The minimum atomic E-state index is -2.86. The lowest BCUT2D eigenvalue weighted by molar-refractivity contribution is -0.120. The van der Waals surface area contributed by atoms with Crippen LogP contribution in [0.25, 0.3) is 0 Å². The molecule has 0 saturated carbocycles. The van der Waals surface area contributed by atoms with Gasteiger partial charge < -0.3 is 14.9 Å². The van der Waals surface area contributed by atoms with E-state index in [1.54, 1.807) is 12.1 Å². The Morgan fingerprint density at radius 2 is 1.85 bits per heavy atom. The van der Waals surface area contributed by atoms with Crippen molar-refractivity contribution in [2.45, 2.75) is 26.4 Å². The number of benzene rings is 2. The van der Waals surface area contributed by atoms with E-state index in [-0.39, 0.29) is 18.3 Å². The minimum absolute atomic E-state index is 0.0578. The van der Waals surface area contributed by atoms with E-state index in [1.807, 2.05) is 24.3 Å². The summed E-state index contributed by atoms with van der Waals surface area (Å²) in [6.45, 7) is -0.988. The van der Waals surface area contributed by atoms with Crippen molar-refractivity contribution in [1.82, 2.24) is 0 Å². The first-order valence-electron chi connectivity index (χ1n) is 8.16. The fraction of sp³-hybridized carbons (Fsp3) is 0.263. The van der Waals surface area contributed by atoms with Crippen LogP contribution in [0.5, 0.6) is 5.75 Å². The molecule has 1 amide bonds. The molecule has 138 valence electrons. The van der Waals surface area contributed by atoms with Crippen molar-refractivity contribution in [3.63, 3.8) is 0 Å². The van der Waals surface area contributed by atoms with Crippen molar-refractivity contribution in [2.24, 2.45) is 5.16 Å². The Morgan fingerprint density at radius 3 is 2.46 bits per heavy atom. The molecule has 7 heteroatoms. The fourth-order valence-electron chi connectivity index (χ4n) is 2.17. The maximum atomic E-state index is 12.0. The van der Waals surface area contributed by atoms with Gasteiger partial charge in [0.15, 0.2) is 6.61 Å². The highest BCUT2D eigenvalue weighted by Crippen LogP contribution is 2.14. The summed E-state index contributed by atoms with van der Waals surface area (Å²) in [5.74, 6) is -0.270. The summed E-state index contributed by atoms with van der Waals surface area (Å²) in [4.78, 5) is 16.7. The summed E-state index contributed by atoms with van der Waals surface area (Å²) in [5.41, 5.74) is 2.53. The number of nitrogens with one attached hydrogen (secondary N) is 1. The molecule has 0 aromatic heterocycles. The number of ether oxygens (including phenoxy) is 1. The highest BCUT2D eigenvalue weighted by atomic mass is 19.3. The average molecular weight is 362 g/mol. The molecule has 2 rings (SSSR count). The summed E-state index contributed by atoms with van der Waals surface area (Å²) in [5, 5.41) is 6.39. The van der Waals surface area contributed by atoms with Gasteiger partial charge in [-0.2, -0.15) is 8.78 Å². The van der Waals surface area contributed by atoms with Gasteiger partial charge in [0.1, 0.15) is 5.75 Å². The van der Waals surface area contributed by atoms with E-state index in [1.165, 1.54) is 23.9 Å². The highest BCUT2D eigenvalue weighted by molar-refractivity contribution is 5.91. The van der Waals surface area contributed by atoms with Gasteiger partial charge in [-0.05, 0) is 53.9 Å². The van der Waals surface area contributed by atoms with Crippen LogP contribution in [0, 0.1) is 0 Å². The molecule has 0 aliphatic heterocycles. The van der Waals surface area contributed by atoms with Crippen molar-refractivity contribution in [1.29, 1.82) is 0 Å². The molecule has 1 N–H and O–H groups in total. The number of alkyl halides is 2. The number of nitrogens with zero attached hydrogens (tertiary/aromatic N) is 1. The van der Waals surface area contributed by atoms with E-state index in [0.29, 0.717) is 11.3 Å². The van der Waals surface area contributed by atoms with Gasteiger partial charge in [-0.3, -0.25) is 4.79 Å². The van der Waals surface area contributed by atoms with Gasteiger partial charge in [-0.1, -0.05) is 30.6 Å². The minimum Gasteiger partial charge on any atom is -0.435 e. The molecule has 0 atom stereocenters. The first-order valence-corrected chi connectivity index (χ1v) is 8.16. The van der Waals surface area contributed by atoms with E-state index in [4.69, 9.17) is 4.84 Å². The van der Waals surface area contributed by atoms with Crippen molar-refractivity contribution < 1.29 is 23.1 Å². The monoisotopic (exact) mass is 362 g/mol. The maximum Gasteiger partial charge on any atom is 0.387 e. The zero-order chi connectivity index (χ0) is 18.8. The van der Waals surface area contributed by atoms with Crippen LogP contribution in [0.1, 0.15) is 24.5 Å². The third-order valence-corrected chi connectivity index (χ3v) is 3.35. The predicted molar refractivity (Wildman–Crippen MR) is 95.7 cm³/mol. The number of carbonyl (C=O) groups excluding carboxylic acids is 1. The lowest BCUT2D eigenvalue weighted by Gasteiger charge is -2.05. The standard InChI is InChI=1S/C19H20F2N2O3/c1-2-3-14-4-8-16(9-5-14)23-18(24)13-25-22-12-15-6-10-17(11-7-15)26-19(20)21/h4-12,19H,2-3,13H2,1H3,(H,23,24)/b22-12+. The second kappa shape index (κ2) is 10.1. The highest BCUT2D eigenvalue weighted by Gasteiger charge is 2.04. The largest absolute Gasteiger partial charge is 0.435 e. The predicted octanol–water partition coefficient (Wildman–Crippen LogP) is 4.23. The van der Waals surface area contributed by atoms with Gasteiger partial charge in [-0.15, -0.1) is 0 Å². The molecule has 0 unspecified atom stereocenters. The number of hydrogen-bond acceptors (Lipinski definition) is 4. The molecule has 0 bridgehead atoms. The normalized spacial score (nSPS) is 10.9. The molecule has 0 aliphatic rings. The number of amides is 1. The summed E-state index contributed by atoms with van der Waals surface area (Å²) >= 11 is 0. The summed E-state index contributed by atoms with van der Waals surface area (Å²) in [6, 6.07) is 13.5. The van der Waals surface area contributed by atoms with Crippen molar-refractivity contribution in [3.05, 3.63) is 59.7 Å². The number of carbonyl (C=O) groups is 1. The van der Waals surface area contributed by atoms with Crippen LogP contribution in [-0.4, -0.2) is 25.3 Å². The molecule has 0 spiro atoms. The van der Waals surface area contributed by atoms with Gasteiger partial charge in [0.2, 0.25) is 0 Å². The second-order valence-electron chi connectivity index (χ2n) is 5.45. The number of hydrogen-bond donors (Lipinski definition) is 1. The van der Waals surface area contributed by atoms with Crippen molar-refractivity contribution in [2.75, 3.05) is 11.9 Å². The molecule has 26 heavy (non-hydrogen) atoms. The van der Waals surface area contributed by atoms with Crippen LogP contribution in [0.2, 0.25) is 0 Å². The molecule has 0 aliphatic carbocycles. The van der Waals surface area contributed by atoms with E-state index in [0.717, 1.165) is 12.8 Å². The van der Waals surface area contributed by atoms with E-state index in [9.17, 15) is 13.6 Å². The maximum absolute atomic E-state index is 12.0. The smallest absolute Gasteiger partial charge is 0.387 e. The van der Waals surface area contributed by atoms with Gasteiger partial charge in [0.25, 0.3) is 5.91 Å². The van der Waals surface area contributed by atoms with Crippen LogP contribution in [0.3, 0.4) is 0 Å². The Kier molecular flexibility index (Phi) is 7.54. The zero-order valence-electron chi connectivity index (χ0n) is 14.3. The molecule has 2 aromatic rings. The Morgan fingerprint density at radius 1 is 1.15 bits per heavy atom. The average Bonchev–Trinajstić information content (AvgIpc) is 2.61. The van der Waals surface area contributed by atoms with Crippen LogP contribution < -0.4 is 10.1 Å². The lowest BCUT2D eigenvalue weighted by Crippen LogP contribution is -2.16. The Balaban J connectivity index is 1.74. The van der Waals surface area contributed by atoms with E-state index >= 15 is 0 Å². The molecule has 0 radical (unpaired) electrons. The summed E-state index contributed by atoms with van der Waals surface area (Å²) in [7, 11) is 0. The molecule has 0 saturated heterocycles. The molecule has 5 nitrogen and oxygen atoms in total. The quantitative estimate of drug-likeness (QED) is 0.536. The molecule has 0 fully saturated rings. The number of rotatable bonds is 9. The number of oxime groups is 1. The van der Waals surface area contributed by atoms with Gasteiger partial charge >= 0.3 is 6.61 Å². The third kappa shape index (κ3) is 6.88. The molecule has 2 aromatic carbocycles. The van der Waals surface area contributed by atoms with Crippen molar-refractivity contribution in [3.8, 4) is 5.75 Å². The van der Waals surface area contributed by atoms with E-state index < -0.39 is 6.61 Å². The van der Waals surface area contributed by atoms with Crippen molar-refractivity contribution >= 4 is 17.8 Å². The van der Waals surface area contributed by atoms with E-state index in [2.05, 4.69) is 22.1 Å². The zero-order valence-corrected chi connectivity index (χ0v) is 14.3.